The van der Waals surface area contributed by atoms with Crippen LogP contribution in [0.5, 0.6) is 5.75 Å². The van der Waals surface area contributed by atoms with Crippen molar-refractivity contribution in [2.75, 3.05) is 11.9 Å². The lowest BCUT2D eigenvalue weighted by molar-refractivity contribution is -0.116. The Bertz CT molecular complexity index is 799. The largest absolute Gasteiger partial charge is 0.494 e. The number of benzene rings is 2. The van der Waals surface area contributed by atoms with Crippen LogP contribution in [0, 0.1) is 0 Å². The lowest BCUT2D eigenvalue weighted by Gasteiger charge is -2.21. The zero-order valence-electron chi connectivity index (χ0n) is 16.4. The molecule has 1 saturated carbocycles. The predicted octanol–water partition coefficient (Wildman–Crippen LogP) is 5.63. The predicted molar refractivity (Wildman–Crippen MR) is 114 cm³/mol. The summed E-state index contributed by atoms with van der Waals surface area (Å²) < 4.78 is 11.1. The maximum absolute atomic E-state index is 12.2. The van der Waals surface area contributed by atoms with Crippen LogP contribution in [-0.2, 0) is 9.53 Å². The molecule has 2 aromatic rings. The highest BCUT2D eigenvalue weighted by Crippen LogP contribution is 2.22. The van der Waals surface area contributed by atoms with Crippen LogP contribution < -0.4 is 10.1 Å². The van der Waals surface area contributed by atoms with Crippen LogP contribution in [0.3, 0.4) is 0 Å². The number of ether oxygens (including phenoxy) is 2. The number of hydrogen-bond donors (Lipinski definition) is 1. The molecule has 0 bridgehead atoms. The standard InChI is InChI=1S/C23H26ClNO4/c24-18-10-14-20(15-11-18)28-16-4-7-22(26)25-19-12-8-17(9-13-19)23(27)29-21-5-2-1-3-6-21/h8-15,21H,1-7,16H2,(H,25,26). The zero-order valence-corrected chi connectivity index (χ0v) is 17.1. The molecule has 6 heteroatoms. The van der Waals surface area contributed by atoms with Crippen LogP contribution in [0.25, 0.3) is 0 Å². The number of hydrogen-bond acceptors (Lipinski definition) is 4. The van der Waals surface area contributed by atoms with Gasteiger partial charge in [0.2, 0.25) is 5.91 Å². The van der Waals surface area contributed by atoms with Gasteiger partial charge >= 0.3 is 5.97 Å². The van der Waals surface area contributed by atoms with Crippen molar-refractivity contribution in [3.63, 3.8) is 0 Å². The quantitative estimate of drug-likeness (QED) is 0.448. The van der Waals surface area contributed by atoms with Crippen molar-refractivity contribution >= 4 is 29.2 Å². The Morgan fingerprint density at radius 2 is 1.66 bits per heavy atom. The molecule has 1 amide bonds. The second kappa shape index (κ2) is 10.9. The Hall–Kier alpha value is -2.53. The molecule has 0 radical (unpaired) electrons. The van der Waals surface area contributed by atoms with Crippen LogP contribution in [0.4, 0.5) is 5.69 Å². The van der Waals surface area contributed by atoms with Gasteiger partial charge in [-0.2, -0.15) is 0 Å². The fourth-order valence-electron chi connectivity index (χ4n) is 3.27. The molecule has 154 valence electrons. The fraction of sp³-hybridized carbons (Fsp3) is 0.391. The minimum absolute atomic E-state index is 0.0331. The van der Waals surface area contributed by atoms with Crippen molar-refractivity contribution < 1.29 is 19.1 Å². The van der Waals surface area contributed by atoms with Crippen molar-refractivity contribution in [1.29, 1.82) is 0 Å². The Labute approximate surface area is 176 Å². The molecule has 0 aliphatic heterocycles. The van der Waals surface area contributed by atoms with Crippen molar-refractivity contribution in [2.45, 2.75) is 51.0 Å². The first-order valence-corrected chi connectivity index (χ1v) is 10.5. The smallest absolute Gasteiger partial charge is 0.338 e. The maximum atomic E-state index is 12.2. The normalized spacial score (nSPS) is 14.2. The molecule has 1 aliphatic carbocycles. The van der Waals surface area contributed by atoms with E-state index in [4.69, 9.17) is 21.1 Å². The van der Waals surface area contributed by atoms with Gasteiger partial charge in [-0.15, -0.1) is 0 Å². The Kier molecular flexibility index (Phi) is 7.94. The second-order valence-corrected chi connectivity index (χ2v) is 7.63. The summed E-state index contributed by atoms with van der Waals surface area (Å²) in [5.74, 6) is 0.335. The number of carbonyl (C=O) groups excluding carboxylic acids is 2. The molecular weight excluding hydrogens is 390 g/mol. The average molecular weight is 416 g/mol. The second-order valence-electron chi connectivity index (χ2n) is 7.20. The maximum Gasteiger partial charge on any atom is 0.338 e. The zero-order chi connectivity index (χ0) is 20.5. The summed E-state index contributed by atoms with van der Waals surface area (Å²) in [5, 5.41) is 3.49. The number of rotatable bonds is 8. The van der Waals surface area contributed by atoms with Gasteiger partial charge in [-0.05, 0) is 80.6 Å². The third-order valence-electron chi connectivity index (χ3n) is 4.86. The molecule has 0 atom stereocenters. The lowest BCUT2D eigenvalue weighted by atomic mass is 9.98. The van der Waals surface area contributed by atoms with E-state index in [0.29, 0.717) is 35.7 Å². The van der Waals surface area contributed by atoms with Gasteiger partial charge in [0, 0.05) is 17.1 Å². The number of esters is 1. The van der Waals surface area contributed by atoms with E-state index < -0.39 is 0 Å². The van der Waals surface area contributed by atoms with Crippen LogP contribution in [-0.4, -0.2) is 24.6 Å². The highest BCUT2D eigenvalue weighted by molar-refractivity contribution is 6.30. The molecule has 1 fully saturated rings. The number of anilines is 1. The SMILES string of the molecule is O=C(CCCOc1ccc(Cl)cc1)Nc1ccc(C(=O)OC2CCCCC2)cc1. The Morgan fingerprint density at radius 3 is 2.34 bits per heavy atom. The number of carbonyl (C=O) groups is 2. The molecule has 0 heterocycles. The van der Waals surface area contributed by atoms with E-state index in [-0.39, 0.29) is 18.0 Å². The summed E-state index contributed by atoms with van der Waals surface area (Å²) in [6.07, 6.45) is 6.32. The van der Waals surface area contributed by atoms with E-state index in [0.717, 1.165) is 31.4 Å². The Balaban J connectivity index is 1.37. The van der Waals surface area contributed by atoms with Gasteiger partial charge in [0.15, 0.2) is 0 Å². The van der Waals surface area contributed by atoms with E-state index in [1.54, 1.807) is 48.5 Å². The highest BCUT2D eigenvalue weighted by atomic mass is 35.5. The van der Waals surface area contributed by atoms with Gasteiger partial charge < -0.3 is 14.8 Å². The van der Waals surface area contributed by atoms with Gasteiger partial charge in [-0.1, -0.05) is 18.0 Å². The summed E-state index contributed by atoms with van der Waals surface area (Å²) in [4.78, 5) is 24.3. The topological polar surface area (TPSA) is 64.6 Å². The van der Waals surface area contributed by atoms with E-state index in [9.17, 15) is 9.59 Å². The number of amides is 1. The lowest BCUT2D eigenvalue weighted by Crippen LogP contribution is -2.21. The number of halogens is 1. The summed E-state index contributed by atoms with van der Waals surface area (Å²) in [6, 6.07) is 13.9. The fourth-order valence-corrected chi connectivity index (χ4v) is 3.40. The van der Waals surface area contributed by atoms with Gasteiger partial charge in [-0.25, -0.2) is 4.79 Å². The van der Waals surface area contributed by atoms with Crippen LogP contribution in [0.2, 0.25) is 5.02 Å². The molecule has 3 rings (SSSR count). The minimum Gasteiger partial charge on any atom is -0.494 e. The van der Waals surface area contributed by atoms with Crippen LogP contribution in [0.1, 0.15) is 55.3 Å². The third-order valence-corrected chi connectivity index (χ3v) is 5.11. The minimum atomic E-state index is -0.297. The first kappa shape index (κ1) is 21.2. The number of nitrogens with one attached hydrogen (secondary N) is 1. The van der Waals surface area contributed by atoms with Gasteiger partial charge in [0.25, 0.3) is 0 Å². The van der Waals surface area contributed by atoms with E-state index in [2.05, 4.69) is 5.32 Å². The molecule has 5 nitrogen and oxygen atoms in total. The molecule has 2 aromatic carbocycles. The monoisotopic (exact) mass is 415 g/mol. The molecule has 29 heavy (non-hydrogen) atoms. The van der Waals surface area contributed by atoms with E-state index in [1.807, 2.05) is 0 Å². The molecule has 0 aromatic heterocycles. The van der Waals surface area contributed by atoms with Gasteiger partial charge in [-0.3, -0.25) is 4.79 Å². The highest BCUT2D eigenvalue weighted by Gasteiger charge is 2.18. The molecule has 0 saturated heterocycles. The van der Waals surface area contributed by atoms with Gasteiger partial charge in [0.1, 0.15) is 11.9 Å². The summed E-state index contributed by atoms with van der Waals surface area (Å²) in [6.45, 7) is 0.445. The summed E-state index contributed by atoms with van der Waals surface area (Å²) >= 11 is 5.83. The van der Waals surface area contributed by atoms with Gasteiger partial charge in [0.05, 0.1) is 12.2 Å². The first-order chi connectivity index (χ1) is 14.1. The van der Waals surface area contributed by atoms with Crippen LogP contribution >= 0.6 is 11.6 Å². The van der Waals surface area contributed by atoms with Crippen molar-refractivity contribution in [1.82, 2.24) is 0 Å². The molecule has 1 aliphatic rings. The molecule has 0 spiro atoms. The molecule has 0 unspecified atom stereocenters. The van der Waals surface area contributed by atoms with Crippen molar-refractivity contribution in [3.05, 3.63) is 59.1 Å². The molecular formula is C23H26ClNO4. The first-order valence-electron chi connectivity index (χ1n) is 10.1. The molecule has 1 N–H and O–H groups in total. The third kappa shape index (κ3) is 7.09. The van der Waals surface area contributed by atoms with Crippen molar-refractivity contribution in [3.8, 4) is 5.75 Å². The summed E-state index contributed by atoms with van der Waals surface area (Å²) in [5.41, 5.74) is 1.16. The average Bonchev–Trinajstić information content (AvgIpc) is 2.74. The van der Waals surface area contributed by atoms with Crippen LogP contribution in [0.15, 0.2) is 48.5 Å². The van der Waals surface area contributed by atoms with E-state index in [1.165, 1.54) is 6.42 Å². The summed E-state index contributed by atoms with van der Waals surface area (Å²) in [7, 11) is 0. The Morgan fingerprint density at radius 1 is 0.966 bits per heavy atom. The van der Waals surface area contributed by atoms with Crippen molar-refractivity contribution in [2.24, 2.45) is 0 Å². The van der Waals surface area contributed by atoms with E-state index >= 15 is 0 Å².